The molecular weight excluding hydrogens is 316 g/mol. The first-order valence-electron chi connectivity index (χ1n) is 7.61. The maximum Gasteiger partial charge on any atom is 0.0730 e. The van der Waals surface area contributed by atoms with Crippen molar-refractivity contribution < 1.29 is 4.74 Å². The normalized spacial score (nSPS) is 28.3. The van der Waals surface area contributed by atoms with Crippen LogP contribution in [0.25, 0.3) is 0 Å². The summed E-state index contributed by atoms with van der Waals surface area (Å²) in [6.07, 6.45) is 5.33. The van der Waals surface area contributed by atoms with Crippen molar-refractivity contribution in [2.75, 3.05) is 19.7 Å². The highest BCUT2D eigenvalue weighted by atomic mass is 79.9. The van der Waals surface area contributed by atoms with Crippen molar-refractivity contribution in [3.05, 3.63) is 34.3 Å². The lowest BCUT2D eigenvalue weighted by Gasteiger charge is -2.38. The van der Waals surface area contributed by atoms with E-state index in [4.69, 9.17) is 10.5 Å². The van der Waals surface area contributed by atoms with Crippen LogP contribution in [0.5, 0.6) is 0 Å². The molecule has 3 nitrogen and oxygen atoms in total. The standard InChI is InChI=1S/C16H23BrN2O/c17-13-6-4-12(5-7-13)14(18)8-9-19-10-11-20-16-3-1-2-15(16)19/h4-7,14-16H,1-3,8-11,18H2. The predicted octanol–water partition coefficient (Wildman–Crippen LogP) is 3.09. The number of nitrogens with two attached hydrogens (primary N) is 1. The Balaban J connectivity index is 1.54. The molecule has 0 radical (unpaired) electrons. The highest BCUT2D eigenvalue weighted by Crippen LogP contribution is 2.30. The van der Waals surface area contributed by atoms with E-state index in [-0.39, 0.29) is 6.04 Å². The Bertz CT molecular complexity index is 437. The van der Waals surface area contributed by atoms with Gasteiger partial charge in [0.2, 0.25) is 0 Å². The molecule has 1 saturated heterocycles. The Morgan fingerprint density at radius 1 is 1.30 bits per heavy atom. The molecule has 0 amide bonds. The van der Waals surface area contributed by atoms with Crippen LogP contribution < -0.4 is 5.73 Å². The first-order valence-corrected chi connectivity index (χ1v) is 8.40. The maximum absolute atomic E-state index is 6.33. The molecule has 1 saturated carbocycles. The Hall–Kier alpha value is -0.420. The molecule has 20 heavy (non-hydrogen) atoms. The lowest BCUT2D eigenvalue weighted by atomic mass is 10.0. The van der Waals surface area contributed by atoms with Gasteiger partial charge in [-0.2, -0.15) is 0 Å². The van der Waals surface area contributed by atoms with E-state index in [1.54, 1.807) is 0 Å². The van der Waals surface area contributed by atoms with Crippen molar-refractivity contribution >= 4 is 15.9 Å². The monoisotopic (exact) mass is 338 g/mol. The highest BCUT2D eigenvalue weighted by Gasteiger charge is 2.35. The average Bonchev–Trinajstić information content (AvgIpc) is 2.94. The second-order valence-electron chi connectivity index (χ2n) is 5.89. The molecule has 0 aromatic heterocycles. The number of fused-ring (bicyclic) bond motifs is 1. The van der Waals surface area contributed by atoms with Crippen LogP contribution >= 0.6 is 15.9 Å². The fourth-order valence-corrected chi connectivity index (χ4v) is 3.73. The number of ether oxygens (including phenoxy) is 1. The fraction of sp³-hybridized carbons (Fsp3) is 0.625. The Kier molecular flexibility index (Phi) is 4.76. The zero-order valence-electron chi connectivity index (χ0n) is 11.8. The summed E-state index contributed by atoms with van der Waals surface area (Å²) in [4.78, 5) is 2.60. The Morgan fingerprint density at radius 2 is 2.10 bits per heavy atom. The van der Waals surface area contributed by atoms with Crippen LogP contribution in [0, 0.1) is 0 Å². The Morgan fingerprint density at radius 3 is 2.90 bits per heavy atom. The van der Waals surface area contributed by atoms with E-state index in [1.807, 2.05) is 0 Å². The largest absolute Gasteiger partial charge is 0.375 e. The first-order chi connectivity index (χ1) is 9.74. The quantitative estimate of drug-likeness (QED) is 0.916. The van der Waals surface area contributed by atoms with Gasteiger partial charge in [0.05, 0.1) is 12.7 Å². The summed E-state index contributed by atoms with van der Waals surface area (Å²) in [6.45, 7) is 3.03. The van der Waals surface area contributed by atoms with E-state index in [9.17, 15) is 0 Å². The van der Waals surface area contributed by atoms with Gasteiger partial charge in [-0.25, -0.2) is 0 Å². The summed E-state index contributed by atoms with van der Waals surface area (Å²) in [7, 11) is 0. The summed E-state index contributed by atoms with van der Waals surface area (Å²) in [5.74, 6) is 0. The second-order valence-corrected chi connectivity index (χ2v) is 6.81. The van der Waals surface area contributed by atoms with E-state index in [2.05, 4.69) is 45.1 Å². The van der Waals surface area contributed by atoms with Gasteiger partial charge in [-0.05, 0) is 43.4 Å². The molecule has 0 spiro atoms. The number of benzene rings is 1. The smallest absolute Gasteiger partial charge is 0.0730 e. The minimum absolute atomic E-state index is 0.130. The molecule has 110 valence electrons. The third kappa shape index (κ3) is 3.25. The molecular formula is C16H23BrN2O. The molecule has 1 aromatic carbocycles. The van der Waals surface area contributed by atoms with Crippen LogP contribution in [0.3, 0.4) is 0 Å². The summed E-state index contributed by atoms with van der Waals surface area (Å²) >= 11 is 3.46. The molecule has 2 N–H and O–H groups in total. The van der Waals surface area contributed by atoms with Crippen molar-refractivity contribution in [3.8, 4) is 0 Å². The van der Waals surface area contributed by atoms with Gasteiger partial charge >= 0.3 is 0 Å². The van der Waals surface area contributed by atoms with E-state index < -0.39 is 0 Å². The zero-order chi connectivity index (χ0) is 13.9. The number of halogens is 1. The SMILES string of the molecule is NC(CCN1CCOC2CCCC21)c1ccc(Br)cc1. The van der Waals surface area contributed by atoms with Crippen LogP contribution in [-0.2, 0) is 4.74 Å². The number of hydrogen-bond acceptors (Lipinski definition) is 3. The van der Waals surface area contributed by atoms with Gasteiger partial charge in [0.25, 0.3) is 0 Å². The van der Waals surface area contributed by atoms with Crippen molar-refractivity contribution in [1.82, 2.24) is 4.90 Å². The van der Waals surface area contributed by atoms with Crippen molar-refractivity contribution in [3.63, 3.8) is 0 Å². The van der Waals surface area contributed by atoms with E-state index in [1.165, 1.54) is 24.8 Å². The van der Waals surface area contributed by atoms with Gasteiger partial charge in [0.15, 0.2) is 0 Å². The van der Waals surface area contributed by atoms with Crippen LogP contribution in [0.15, 0.2) is 28.7 Å². The molecule has 1 aliphatic heterocycles. The van der Waals surface area contributed by atoms with Crippen molar-refractivity contribution in [2.24, 2.45) is 5.73 Å². The van der Waals surface area contributed by atoms with Crippen LogP contribution in [0.2, 0.25) is 0 Å². The van der Waals surface area contributed by atoms with Crippen LogP contribution in [-0.4, -0.2) is 36.7 Å². The number of nitrogens with zero attached hydrogens (tertiary/aromatic N) is 1. The Labute approximate surface area is 129 Å². The van der Waals surface area contributed by atoms with E-state index in [0.717, 1.165) is 30.6 Å². The number of hydrogen-bond donors (Lipinski definition) is 1. The van der Waals surface area contributed by atoms with Crippen molar-refractivity contribution in [1.29, 1.82) is 0 Å². The molecule has 0 bridgehead atoms. The van der Waals surface area contributed by atoms with Gasteiger partial charge in [-0.1, -0.05) is 28.1 Å². The molecule has 4 heteroatoms. The van der Waals surface area contributed by atoms with Crippen LogP contribution in [0.1, 0.15) is 37.3 Å². The average molecular weight is 339 g/mol. The molecule has 3 unspecified atom stereocenters. The topological polar surface area (TPSA) is 38.5 Å². The fourth-order valence-electron chi connectivity index (χ4n) is 3.46. The third-order valence-corrected chi connectivity index (χ3v) is 5.15. The second kappa shape index (κ2) is 6.56. The van der Waals surface area contributed by atoms with Gasteiger partial charge < -0.3 is 10.5 Å². The van der Waals surface area contributed by atoms with E-state index in [0.29, 0.717) is 12.1 Å². The summed E-state index contributed by atoms with van der Waals surface area (Å²) < 4.78 is 6.97. The molecule has 3 atom stereocenters. The molecule has 2 fully saturated rings. The molecule has 2 aliphatic rings. The predicted molar refractivity (Wildman–Crippen MR) is 84.6 cm³/mol. The van der Waals surface area contributed by atoms with E-state index >= 15 is 0 Å². The zero-order valence-corrected chi connectivity index (χ0v) is 13.4. The van der Waals surface area contributed by atoms with Gasteiger partial charge in [-0.15, -0.1) is 0 Å². The third-order valence-electron chi connectivity index (χ3n) is 4.62. The maximum atomic E-state index is 6.33. The lowest BCUT2D eigenvalue weighted by Crippen LogP contribution is -2.49. The number of rotatable bonds is 4. The summed E-state index contributed by atoms with van der Waals surface area (Å²) in [6, 6.07) is 9.14. The minimum Gasteiger partial charge on any atom is -0.375 e. The summed E-state index contributed by atoms with van der Waals surface area (Å²) in [5.41, 5.74) is 7.55. The van der Waals surface area contributed by atoms with Gasteiger partial charge in [0, 0.05) is 29.6 Å². The van der Waals surface area contributed by atoms with Gasteiger partial charge in [-0.3, -0.25) is 4.90 Å². The lowest BCUT2D eigenvalue weighted by molar-refractivity contribution is -0.0561. The minimum atomic E-state index is 0.130. The number of morpholine rings is 1. The molecule has 1 aliphatic carbocycles. The highest BCUT2D eigenvalue weighted by molar-refractivity contribution is 9.10. The molecule has 3 rings (SSSR count). The first kappa shape index (κ1) is 14.5. The van der Waals surface area contributed by atoms with Crippen molar-refractivity contribution in [2.45, 2.75) is 43.9 Å². The molecule has 1 aromatic rings. The molecule has 1 heterocycles. The van der Waals surface area contributed by atoms with Gasteiger partial charge in [0.1, 0.15) is 0 Å². The summed E-state index contributed by atoms with van der Waals surface area (Å²) in [5, 5.41) is 0. The van der Waals surface area contributed by atoms with Crippen LogP contribution in [0.4, 0.5) is 0 Å².